The summed E-state index contributed by atoms with van der Waals surface area (Å²) in [5.41, 5.74) is 0.611. The highest BCUT2D eigenvalue weighted by Crippen LogP contribution is 2.27. The second kappa shape index (κ2) is 8.63. The van der Waals surface area contributed by atoms with Gasteiger partial charge in [-0.1, -0.05) is 11.8 Å². The monoisotopic (exact) mass is 331 g/mol. The smallest absolute Gasteiger partial charge is 0.321 e. The number of esters is 1. The number of amides is 3. The highest BCUT2D eigenvalue weighted by molar-refractivity contribution is 8.02. The molecule has 0 aromatic carbocycles. The van der Waals surface area contributed by atoms with Gasteiger partial charge in [0.15, 0.2) is 4.34 Å². The quantitative estimate of drug-likeness (QED) is 0.600. The van der Waals surface area contributed by atoms with Crippen LogP contribution in [0.15, 0.2) is 9.72 Å². The Labute approximate surface area is 130 Å². The van der Waals surface area contributed by atoms with E-state index in [1.807, 2.05) is 0 Å². The zero-order valence-electron chi connectivity index (χ0n) is 12.0. The summed E-state index contributed by atoms with van der Waals surface area (Å²) >= 11 is 2.57. The molecule has 1 atom stereocenters. The Balaban J connectivity index is 2.52. The molecule has 0 fully saturated rings. The Hall–Kier alpha value is -1.61. The lowest BCUT2D eigenvalue weighted by Gasteiger charge is -2.08. The lowest BCUT2D eigenvalue weighted by atomic mass is 10.3. The minimum Gasteiger partial charge on any atom is -0.466 e. The number of hydrogen-bond donors (Lipinski definition) is 2. The first-order valence-electron chi connectivity index (χ1n) is 6.25. The summed E-state index contributed by atoms with van der Waals surface area (Å²) in [7, 11) is 1.43. The molecular weight excluding hydrogens is 314 g/mol. The van der Waals surface area contributed by atoms with Crippen molar-refractivity contribution in [2.24, 2.45) is 0 Å². The number of nitrogens with one attached hydrogen (secondary N) is 2. The largest absolute Gasteiger partial charge is 0.466 e. The van der Waals surface area contributed by atoms with Crippen molar-refractivity contribution in [2.45, 2.75) is 29.9 Å². The molecule has 0 saturated heterocycles. The molecule has 0 spiro atoms. The van der Waals surface area contributed by atoms with Crippen molar-refractivity contribution >= 4 is 41.0 Å². The highest BCUT2D eigenvalue weighted by atomic mass is 32.2. The van der Waals surface area contributed by atoms with Gasteiger partial charge >= 0.3 is 12.0 Å². The molecule has 0 unspecified atom stereocenters. The third-order valence-electron chi connectivity index (χ3n) is 2.27. The Morgan fingerprint density at radius 3 is 2.81 bits per heavy atom. The molecule has 1 heterocycles. The van der Waals surface area contributed by atoms with E-state index in [0.717, 1.165) is 0 Å². The maximum Gasteiger partial charge on any atom is 0.321 e. The molecule has 116 valence electrons. The maximum absolute atomic E-state index is 11.7. The Morgan fingerprint density at radius 2 is 2.19 bits per heavy atom. The van der Waals surface area contributed by atoms with Gasteiger partial charge in [0.05, 0.1) is 24.0 Å². The molecule has 3 amide bonds. The van der Waals surface area contributed by atoms with Gasteiger partial charge in [-0.05, 0) is 13.8 Å². The van der Waals surface area contributed by atoms with Gasteiger partial charge < -0.3 is 10.1 Å². The summed E-state index contributed by atoms with van der Waals surface area (Å²) < 4.78 is 5.50. The maximum atomic E-state index is 11.7. The molecule has 1 aromatic heterocycles. The average molecular weight is 331 g/mol. The topological polar surface area (TPSA) is 97.4 Å². The molecule has 0 aliphatic rings. The van der Waals surface area contributed by atoms with E-state index >= 15 is 0 Å². The summed E-state index contributed by atoms with van der Waals surface area (Å²) in [6, 6.07) is -0.547. The number of thioether (sulfide) groups is 1. The van der Waals surface area contributed by atoms with Gasteiger partial charge in [0, 0.05) is 12.4 Å². The fourth-order valence-electron chi connectivity index (χ4n) is 1.26. The SMILES string of the molecule is CCOC(=O)Cc1csc(S[C@H](C)C(=O)NC(=O)NC)n1. The number of hydrogen-bond acceptors (Lipinski definition) is 7. The number of thiazole rings is 1. The average Bonchev–Trinajstić information content (AvgIpc) is 2.85. The number of nitrogens with zero attached hydrogens (tertiary/aromatic N) is 1. The molecule has 0 aliphatic carbocycles. The normalized spacial score (nSPS) is 11.6. The molecule has 9 heteroatoms. The van der Waals surface area contributed by atoms with E-state index < -0.39 is 17.2 Å². The van der Waals surface area contributed by atoms with Crippen molar-refractivity contribution in [3.05, 3.63) is 11.1 Å². The number of urea groups is 1. The van der Waals surface area contributed by atoms with Gasteiger partial charge in [-0.3, -0.25) is 14.9 Å². The molecule has 0 saturated carbocycles. The van der Waals surface area contributed by atoms with Crippen LogP contribution < -0.4 is 10.6 Å². The molecule has 2 N–H and O–H groups in total. The van der Waals surface area contributed by atoms with Crippen molar-refractivity contribution in [3.63, 3.8) is 0 Å². The van der Waals surface area contributed by atoms with Crippen LogP contribution in [-0.4, -0.2) is 41.8 Å². The molecule has 1 rings (SSSR count). The second-order valence-electron chi connectivity index (χ2n) is 3.92. The van der Waals surface area contributed by atoms with Crippen LogP contribution in [0, 0.1) is 0 Å². The van der Waals surface area contributed by atoms with E-state index in [1.54, 1.807) is 19.2 Å². The van der Waals surface area contributed by atoms with E-state index in [0.29, 0.717) is 16.6 Å². The minimum absolute atomic E-state index is 0.115. The number of imide groups is 1. The van der Waals surface area contributed by atoms with Crippen molar-refractivity contribution in [1.82, 2.24) is 15.6 Å². The van der Waals surface area contributed by atoms with Gasteiger partial charge in [0.2, 0.25) is 5.91 Å². The van der Waals surface area contributed by atoms with Crippen LogP contribution in [0.5, 0.6) is 0 Å². The van der Waals surface area contributed by atoms with Crippen molar-refractivity contribution < 1.29 is 19.1 Å². The minimum atomic E-state index is -0.547. The number of ether oxygens (including phenoxy) is 1. The molecule has 7 nitrogen and oxygen atoms in total. The van der Waals surface area contributed by atoms with Crippen molar-refractivity contribution in [1.29, 1.82) is 0 Å². The van der Waals surface area contributed by atoms with Crippen LogP contribution in [-0.2, 0) is 20.7 Å². The Morgan fingerprint density at radius 1 is 1.48 bits per heavy atom. The summed E-state index contributed by atoms with van der Waals surface area (Å²) in [6.45, 7) is 3.75. The first-order valence-corrected chi connectivity index (χ1v) is 8.01. The number of carbonyl (C=O) groups excluding carboxylic acids is 3. The molecule has 0 bridgehead atoms. The van der Waals surface area contributed by atoms with E-state index in [4.69, 9.17) is 4.74 Å². The van der Waals surface area contributed by atoms with E-state index in [9.17, 15) is 14.4 Å². The predicted octanol–water partition coefficient (Wildman–Crippen LogP) is 1.18. The van der Waals surface area contributed by atoms with Crippen molar-refractivity contribution in [3.8, 4) is 0 Å². The van der Waals surface area contributed by atoms with Gasteiger partial charge in [0.1, 0.15) is 0 Å². The molecule has 1 aromatic rings. The summed E-state index contributed by atoms with van der Waals surface area (Å²) in [4.78, 5) is 38.3. The van der Waals surface area contributed by atoms with Crippen LogP contribution in [0.25, 0.3) is 0 Å². The second-order valence-corrected chi connectivity index (χ2v) is 6.36. The van der Waals surface area contributed by atoms with Crippen LogP contribution in [0.2, 0.25) is 0 Å². The van der Waals surface area contributed by atoms with E-state index in [1.165, 1.54) is 30.1 Å². The highest BCUT2D eigenvalue weighted by Gasteiger charge is 2.18. The summed E-state index contributed by atoms with van der Waals surface area (Å²) in [5.74, 6) is -0.730. The van der Waals surface area contributed by atoms with Crippen LogP contribution >= 0.6 is 23.1 Å². The van der Waals surface area contributed by atoms with Gasteiger partial charge in [-0.2, -0.15) is 0 Å². The predicted molar refractivity (Wildman–Crippen MR) is 80.4 cm³/mol. The Bertz CT molecular complexity index is 518. The van der Waals surface area contributed by atoms with E-state index in [2.05, 4.69) is 15.6 Å². The molecular formula is C12H17N3O4S2. The van der Waals surface area contributed by atoms with Crippen molar-refractivity contribution in [2.75, 3.05) is 13.7 Å². The molecule has 21 heavy (non-hydrogen) atoms. The van der Waals surface area contributed by atoms with Crippen LogP contribution in [0.3, 0.4) is 0 Å². The lowest BCUT2D eigenvalue weighted by Crippen LogP contribution is -2.41. The zero-order valence-corrected chi connectivity index (χ0v) is 13.6. The third kappa shape index (κ3) is 6.13. The number of rotatable bonds is 6. The fraction of sp³-hybridized carbons (Fsp3) is 0.500. The fourth-order valence-corrected chi connectivity index (χ4v) is 3.25. The van der Waals surface area contributed by atoms with Crippen LogP contribution in [0.1, 0.15) is 19.5 Å². The molecule has 0 radical (unpaired) electrons. The summed E-state index contributed by atoms with van der Waals surface area (Å²) in [6.07, 6.45) is 0.115. The van der Waals surface area contributed by atoms with Gasteiger partial charge in [-0.15, -0.1) is 11.3 Å². The first kappa shape index (κ1) is 17.4. The third-order valence-corrected chi connectivity index (χ3v) is 4.39. The zero-order chi connectivity index (χ0) is 15.8. The number of aromatic nitrogens is 1. The van der Waals surface area contributed by atoms with Gasteiger partial charge in [-0.25, -0.2) is 9.78 Å². The van der Waals surface area contributed by atoms with Crippen LogP contribution in [0.4, 0.5) is 4.79 Å². The van der Waals surface area contributed by atoms with Gasteiger partial charge in [0.25, 0.3) is 0 Å². The Kier molecular flexibility index (Phi) is 7.17. The van der Waals surface area contributed by atoms with E-state index in [-0.39, 0.29) is 12.4 Å². The summed E-state index contributed by atoms with van der Waals surface area (Å²) in [5, 5.41) is 5.79. The first-order chi connectivity index (χ1) is 9.96. The standard InChI is InChI=1S/C12H17N3O4S2/c1-4-19-9(16)5-8-6-20-12(14-8)21-7(2)10(17)15-11(18)13-3/h6-7H,4-5H2,1-3H3,(H2,13,15,17,18)/t7-/m1/s1. The lowest BCUT2D eigenvalue weighted by molar-refractivity contribution is -0.142. The number of carbonyl (C=O) groups is 3. The molecule has 0 aliphatic heterocycles.